The summed E-state index contributed by atoms with van der Waals surface area (Å²) in [6, 6.07) is 8.58. The van der Waals surface area contributed by atoms with Gasteiger partial charge < -0.3 is 14.4 Å². The summed E-state index contributed by atoms with van der Waals surface area (Å²) in [4.78, 5) is 1.86. The first-order valence-electron chi connectivity index (χ1n) is 6.22. The van der Waals surface area contributed by atoms with Crippen LogP contribution in [0.4, 0.5) is 10.1 Å². The van der Waals surface area contributed by atoms with Gasteiger partial charge in [0, 0.05) is 18.3 Å². The maximum absolute atomic E-state index is 13.8. The van der Waals surface area contributed by atoms with E-state index in [-0.39, 0.29) is 0 Å². The summed E-state index contributed by atoms with van der Waals surface area (Å²) in [6.45, 7) is 3.97. The number of halogens is 1. The third-order valence-electron chi connectivity index (χ3n) is 3.05. The molecule has 1 aromatic carbocycles. The molecule has 102 valence electrons. The van der Waals surface area contributed by atoms with Crippen LogP contribution in [0.5, 0.6) is 0 Å². The normalized spacial score (nSPS) is 12.5. The first-order valence-corrected chi connectivity index (χ1v) is 6.22. The monoisotopic (exact) mass is 263 g/mol. The van der Waals surface area contributed by atoms with Crippen LogP contribution in [0.1, 0.15) is 30.1 Å². The third kappa shape index (κ3) is 2.96. The highest BCUT2D eigenvalue weighted by Crippen LogP contribution is 2.29. The number of benzene rings is 1. The van der Waals surface area contributed by atoms with Gasteiger partial charge in [0.15, 0.2) is 0 Å². The molecule has 1 heterocycles. The van der Waals surface area contributed by atoms with Crippen LogP contribution in [0, 0.1) is 12.7 Å². The minimum Gasteiger partial charge on any atom is -0.464 e. The molecule has 2 aromatic rings. The molecule has 0 radical (unpaired) electrons. The Hall–Kier alpha value is -1.81. The van der Waals surface area contributed by atoms with Crippen LogP contribution in [-0.4, -0.2) is 12.2 Å². The summed E-state index contributed by atoms with van der Waals surface area (Å²) in [7, 11) is 1.85. The maximum atomic E-state index is 13.8. The lowest BCUT2D eigenvalue weighted by Crippen LogP contribution is -2.19. The molecule has 0 aliphatic carbocycles. The number of hydrogen-bond acceptors (Lipinski definition) is 3. The Morgan fingerprint density at radius 2 is 2.05 bits per heavy atom. The molecule has 3 nitrogen and oxygen atoms in total. The van der Waals surface area contributed by atoms with Gasteiger partial charge in [0.05, 0.1) is 12.6 Å². The van der Waals surface area contributed by atoms with Crippen LogP contribution < -0.4 is 4.90 Å². The highest BCUT2D eigenvalue weighted by molar-refractivity contribution is 5.54. The second-order valence-corrected chi connectivity index (χ2v) is 4.72. The van der Waals surface area contributed by atoms with Crippen molar-refractivity contribution in [2.24, 2.45) is 0 Å². The largest absolute Gasteiger partial charge is 0.464 e. The van der Waals surface area contributed by atoms with Crippen LogP contribution in [0.3, 0.4) is 0 Å². The Balaban J connectivity index is 2.28. The topological polar surface area (TPSA) is 36.6 Å². The molecule has 0 spiro atoms. The summed E-state index contributed by atoms with van der Waals surface area (Å²) >= 11 is 0. The first kappa shape index (κ1) is 13.6. The molecule has 0 aliphatic rings. The third-order valence-corrected chi connectivity index (χ3v) is 3.05. The zero-order valence-electron chi connectivity index (χ0n) is 11.4. The van der Waals surface area contributed by atoms with E-state index < -0.39 is 11.9 Å². The summed E-state index contributed by atoms with van der Waals surface area (Å²) in [5.41, 5.74) is 0.984. The molecule has 1 atom stereocenters. The average molecular weight is 263 g/mol. The number of hydrogen-bond donors (Lipinski definition) is 1. The Kier molecular flexibility index (Phi) is 3.90. The molecule has 19 heavy (non-hydrogen) atoms. The van der Waals surface area contributed by atoms with E-state index in [1.54, 1.807) is 19.1 Å². The smallest absolute Gasteiger partial charge is 0.131 e. The van der Waals surface area contributed by atoms with Gasteiger partial charge in [0.2, 0.25) is 0 Å². The van der Waals surface area contributed by atoms with Crippen molar-refractivity contribution < 1.29 is 13.9 Å². The lowest BCUT2D eigenvalue weighted by molar-refractivity contribution is 0.194. The Morgan fingerprint density at radius 1 is 1.32 bits per heavy atom. The summed E-state index contributed by atoms with van der Waals surface area (Å²) in [5, 5.41) is 9.71. The van der Waals surface area contributed by atoms with Crippen LogP contribution in [-0.2, 0) is 6.54 Å². The number of aliphatic hydroxyl groups excluding tert-OH is 1. The fourth-order valence-electron chi connectivity index (χ4n) is 2.16. The van der Waals surface area contributed by atoms with Gasteiger partial charge in [-0.3, -0.25) is 0 Å². The van der Waals surface area contributed by atoms with Crippen LogP contribution in [0.25, 0.3) is 0 Å². The van der Waals surface area contributed by atoms with Crippen molar-refractivity contribution in [2.75, 3.05) is 11.9 Å². The van der Waals surface area contributed by atoms with E-state index in [0.717, 1.165) is 11.5 Å². The molecule has 0 fully saturated rings. The highest BCUT2D eigenvalue weighted by Gasteiger charge is 2.17. The molecule has 4 heteroatoms. The van der Waals surface area contributed by atoms with Gasteiger partial charge in [-0.2, -0.15) is 0 Å². The fourth-order valence-corrected chi connectivity index (χ4v) is 2.16. The second kappa shape index (κ2) is 5.45. The van der Waals surface area contributed by atoms with Crippen LogP contribution in [0.15, 0.2) is 34.7 Å². The Labute approximate surface area is 112 Å². The van der Waals surface area contributed by atoms with Gasteiger partial charge in [-0.1, -0.05) is 6.07 Å². The van der Waals surface area contributed by atoms with E-state index in [2.05, 4.69) is 0 Å². The van der Waals surface area contributed by atoms with Crippen molar-refractivity contribution in [2.45, 2.75) is 26.5 Å². The number of aryl methyl sites for hydroxylation is 1. The maximum Gasteiger partial charge on any atom is 0.131 e. The fraction of sp³-hybridized carbons (Fsp3) is 0.333. The number of nitrogens with zero attached hydrogens (tertiary/aromatic N) is 1. The van der Waals surface area contributed by atoms with Crippen molar-refractivity contribution in [1.82, 2.24) is 0 Å². The quantitative estimate of drug-likeness (QED) is 0.918. The van der Waals surface area contributed by atoms with E-state index in [0.29, 0.717) is 17.8 Å². The second-order valence-electron chi connectivity index (χ2n) is 4.72. The number of furan rings is 1. The molecule has 0 saturated heterocycles. The van der Waals surface area contributed by atoms with Crippen molar-refractivity contribution in [3.63, 3.8) is 0 Å². The van der Waals surface area contributed by atoms with Crippen molar-refractivity contribution >= 4 is 5.69 Å². The van der Waals surface area contributed by atoms with Crippen LogP contribution >= 0.6 is 0 Å². The van der Waals surface area contributed by atoms with E-state index in [1.807, 2.05) is 31.0 Å². The molecular weight excluding hydrogens is 245 g/mol. The lowest BCUT2D eigenvalue weighted by atomic mass is 10.1. The molecular formula is C15H18FNO2. The van der Waals surface area contributed by atoms with Crippen molar-refractivity contribution in [3.8, 4) is 0 Å². The molecule has 0 saturated carbocycles. The SMILES string of the molecule is Cc1ccc(CN(C)c2cccc(F)c2[C@H](C)O)o1. The standard InChI is InChI=1S/C15H18FNO2/c1-10-7-8-12(19-10)9-17(3)14-6-4-5-13(16)15(14)11(2)18/h4-8,11,18H,9H2,1-3H3/t11-/m0/s1. The molecule has 2 rings (SSSR count). The van der Waals surface area contributed by atoms with Gasteiger partial charge >= 0.3 is 0 Å². The highest BCUT2D eigenvalue weighted by atomic mass is 19.1. The summed E-state index contributed by atoms with van der Waals surface area (Å²) in [5.74, 6) is 1.26. The predicted molar refractivity (Wildman–Crippen MR) is 72.6 cm³/mol. The van der Waals surface area contributed by atoms with Crippen molar-refractivity contribution in [3.05, 3.63) is 53.2 Å². The van der Waals surface area contributed by atoms with E-state index in [4.69, 9.17) is 4.42 Å². The number of rotatable bonds is 4. The molecule has 0 unspecified atom stereocenters. The first-order chi connectivity index (χ1) is 8.99. The molecule has 0 aliphatic heterocycles. The minimum atomic E-state index is -0.850. The molecule has 1 N–H and O–H groups in total. The Morgan fingerprint density at radius 3 is 2.63 bits per heavy atom. The van der Waals surface area contributed by atoms with Gasteiger partial charge in [-0.05, 0) is 38.1 Å². The molecule has 0 amide bonds. The lowest BCUT2D eigenvalue weighted by Gasteiger charge is -2.23. The number of anilines is 1. The average Bonchev–Trinajstić information content (AvgIpc) is 2.73. The van der Waals surface area contributed by atoms with Gasteiger partial charge in [-0.15, -0.1) is 0 Å². The van der Waals surface area contributed by atoms with E-state index in [1.165, 1.54) is 6.07 Å². The zero-order valence-corrected chi connectivity index (χ0v) is 11.4. The van der Waals surface area contributed by atoms with Crippen molar-refractivity contribution in [1.29, 1.82) is 0 Å². The van der Waals surface area contributed by atoms with E-state index in [9.17, 15) is 9.50 Å². The minimum absolute atomic E-state index is 0.313. The number of aliphatic hydroxyl groups is 1. The predicted octanol–water partition coefficient (Wildman–Crippen LogP) is 3.42. The van der Waals surface area contributed by atoms with Gasteiger partial charge in [-0.25, -0.2) is 4.39 Å². The molecule has 0 bridgehead atoms. The Bertz CT molecular complexity index is 563. The zero-order chi connectivity index (χ0) is 14.0. The summed E-state index contributed by atoms with van der Waals surface area (Å²) < 4.78 is 19.3. The van der Waals surface area contributed by atoms with Crippen LogP contribution in [0.2, 0.25) is 0 Å². The van der Waals surface area contributed by atoms with Gasteiger partial charge in [0.25, 0.3) is 0 Å². The molecule has 1 aromatic heterocycles. The van der Waals surface area contributed by atoms with Gasteiger partial charge in [0.1, 0.15) is 17.3 Å². The van der Waals surface area contributed by atoms with E-state index >= 15 is 0 Å². The summed E-state index contributed by atoms with van der Waals surface area (Å²) in [6.07, 6.45) is -0.850.